The van der Waals surface area contributed by atoms with Crippen molar-refractivity contribution in [3.8, 4) is 0 Å². The summed E-state index contributed by atoms with van der Waals surface area (Å²) in [6.45, 7) is 6.56. The van der Waals surface area contributed by atoms with E-state index < -0.39 is 0 Å². The molecule has 2 rings (SSSR count). The van der Waals surface area contributed by atoms with Gasteiger partial charge in [0, 0.05) is 38.7 Å². The highest BCUT2D eigenvalue weighted by Gasteiger charge is 2.17. The van der Waals surface area contributed by atoms with Crippen LogP contribution in [0.4, 0.5) is 11.4 Å². The molecule has 0 radical (unpaired) electrons. The van der Waals surface area contributed by atoms with Gasteiger partial charge in [-0.25, -0.2) is 0 Å². The molecule has 112 valence electrons. The van der Waals surface area contributed by atoms with Gasteiger partial charge in [-0.05, 0) is 50.5 Å². The van der Waals surface area contributed by atoms with Gasteiger partial charge in [-0.2, -0.15) is 0 Å². The van der Waals surface area contributed by atoms with Gasteiger partial charge in [-0.1, -0.05) is 0 Å². The normalized spacial score (nSPS) is 16.8. The van der Waals surface area contributed by atoms with Crippen molar-refractivity contribution in [3.05, 3.63) is 23.8 Å². The van der Waals surface area contributed by atoms with Crippen LogP contribution < -0.4 is 10.2 Å². The van der Waals surface area contributed by atoms with Gasteiger partial charge >= 0.3 is 0 Å². The maximum Gasteiger partial charge on any atom is 0.176 e. The van der Waals surface area contributed by atoms with Gasteiger partial charge in [0.15, 0.2) is 6.29 Å². The van der Waals surface area contributed by atoms with Gasteiger partial charge in [-0.3, -0.25) is 0 Å². The number of nitrogens with one attached hydrogen (secondary N) is 1. The van der Waals surface area contributed by atoms with E-state index in [0.717, 1.165) is 5.69 Å². The van der Waals surface area contributed by atoms with Crippen LogP contribution >= 0.6 is 0 Å². The molecule has 0 bridgehead atoms. The van der Waals surface area contributed by atoms with Crippen molar-refractivity contribution < 1.29 is 9.47 Å². The monoisotopic (exact) mass is 278 g/mol. The number of nitrogens with zero attached hydrogens (tertiary/aromatic N) is 1. The topological polar surface area (TPSA) is 33.7 Å². The quantitative estimate of drug-likeness (QED) is 0.811. The van der Waals surface area contributed by atoms with Crippen LogP contribution in [0, 0.1) is 6.92 Å². The second-order valence-corrected chi connectivity index (χ2v) is 5.47. The van der Waals surface area contributed by atoms with Crippen LogP contribution in [0.2, 0.25) is 0 Å². The zero-order chi connectivity index (χ0) is 14.5. The summed E-state index contributed by atoms with van der Waals surface area (Å²) in [5.41, 5.74) is 3.72. The Labute approximate surface area is 122 Å². The molecule has 1 N–H and O–H groups in total. The van der Waals surface area contributed by atoms with Crippen molar-refractivity contribution in [1.82, 2.24) is 0 Å². The molecule has 1 fully saturated rings. The minimum atomic E-state index is -0.243. The summed E-state index contributed by atoms with van der Waals surface area (Å²) in [5.74, 6) is 0. The van der Waals surface area contributed by atoms with Crippen molar-refractivity contribution >= 4 is 11.4 Å². The van der Waals surface area contributed by atoms with E-state index in [2.05, 4.69) is 42.3 Å². The van der Waals surface area contributed by atoms with Crippen LogP contribution in [0.25, 0.3) is 0 Å². The minimum absolute atomic E-state index is 0.0985. The third-order valence-corrected chi connectivity index (χ3v) is 3.94. The Morgan fingerprint density at radius 2 is 1.80 bits per heavy atom. The Balaban J connectivity index is 2.05. The lowest BCUT2D eigenvalue weighted by atomic mass is 10.1. The van der Waals surface area contributed by atoms with E-state index in [0.29, 0.717) is 0 Å². The SMILES string of the molecule is COC(OC)C(C)Nc1ccc(N2CCCC2)cc1C. The summed E-state index contributed by atoms with van der Waals surface area (Å²) in [6, 6.07) is 6.71. The Bertz CT molecular complexity index is 426. The molecule has 0 amide bonds. The van der Waals surface area contributed by atoms with Crippen LogP contribution in [0.5, 0.6) is 0 Å². The van der Waals surface area contributed by atoms with Crippen molar-refractivity contribution in [2.45, 2.75) is 39.0 Å². The summed E-state index contributed by atoms with van der Waals surface area (Å²) < 4.78 is 10.6. The lowest BCUT2D eigenvalue weighted by Gasteiger charge is -2.25. The standard InChI is InChI=1S/C16H26N2O2/c1-12-11-14(18-9-5-6-10-18)7-8-15(12)17-13(2)16(19-3)20-4/h7-8,11,13,16-17H,5-6,9-10H2,1-4H3. The van der Waals surface area contributed by atoms with E-state index in [1.807, 2.05) is 0 Å². The van der Waals surface area contributed by atoms with E-state index in [1.165, 1.54) is 37.2 Å². The number of methoxy groups -OCH3 is 2. The molecule has 20 heavy (non-hydrogen) atoms. The molecule has 1 atom stereocenters. The average molecular weight is 278 g/mol. The lowest BCUT2D eigenvalue weighted by Crippen LogP contribution is -2.34. The number of rotatable bonds is 6. The Morgan fingerprint density at radius 1 is 1.15 bits per heavy atom. The summed E-state index contributed by atoms with van der Waals surface area (Å²) >= 11 is 0. The molecule has 1 unspecified atom stereocenters. The largest absolute Gasteiger partial charge is 0.377 e. The Hall–Kier alpha value is -1.26. The third-order valence-electron chi connectivity index (χ3n) is 3.94. The van der Waals surface area contributed by atoms with E-state index in [1.54, 1.807) is 14.2 Å². The number of ether oxygens (including phenoxy) is 2. The fourth-order valence-electron chi connectivity index (χ4n) is 2.80. The molecule has 0 spiro atoms. The second kappa shape index (κ2) is 6.95. The van der Waals surface area contributed by atoms with Crippen LogP contribution in [-0.4, -0.2) is 39.6 Å². The van der Waals surface area contributed by atoms with Crippen molar-refractivity contribution in [2.24, 2.45) is 0 Å². The zero-order valence-corrected chi connectivity index (χ0v) is 13.0. The van der Waals surface area contributed by atoms with E-state index in [-0.39, 0.29) is 12.3 Å². The summed E-state index contributed by atoms with van der Waals surface area (Å²) in [5, 5.41) is 3.46. The number of anilines is 2. The predicted octanol–water partition coefficient (Wildman–Crippen LogP) is 3.01. The molecule has 1 heterocycles. The molecule has 0 saturated carbocycles. The first kappa shape index (κ1) is 15.1. The Morgan fingerprint density at radius 3 is 2.35 bits per heavy atom. The third kappa shape index (κ3) is 3.44. The fraction of sp³-hybridized carbons (Fsp3) is 0.625. The van der Waals surface area contributed by atoms with E-state index in [4.69, 9.17) is 9.47 Å². The molecule has 0 aromatic heterocycles. The first-order valence-electron chi connectivity index (χ1n) is 7.33. The number of hydrogen-bond acceptors (Lipinski definition) is 4. The fourth-order valence-corrected chi connectivity index (χ4v) is 2.80. The molecule has 4 nitrogen and oxygen atoms in total. The van der Waals surface area contributed by atoms with Gasteiger partial charge in [0.25, 0.3) is 0 Å². The minimum Gasteiger partial charge on any atom is -0.377 e. The smallest absolute Gasteiger partial charge is 0.176 e. The molecule has 4 heteroatoms. The van der Waals surface area contributed by atoms with Crippen molar-refractivity contribution in [1.29, 1.82) is 0 Å². The van der Waals surface area contributed by atoms with Gasteiger partial charge in [0.2, 0.25) is 0 Å². The predicted molar refractivity (Wildman–Crippen MR) is 83.5 cm³/mol. The number of hydrogen-bond donors (Lipinski definition) is 1. The van der Waals surface area contributed by atoms with Gasteiger partial charge in [0.1, 0.15) is 0 Å². The van der Waals surface area contributed by atoms with E-state index >= 15 is 0 Å². The van der Waals surface area contributed by atoms with Gasteiger partial charge in [-0.15, -0.1) is 0 Å². The van der Waals surface area contributed by atoms with Crippen molar-refractivity contribution in [3.63, 3.8) is 0 Å². The molecule has 1 aliphatic heterocycles. The molecule has 1 aromatic rings. The van der Waals surface area contributed by atoms with Crippen LogP contribution in [0.3, 0.4) is 0 Å². The molecule has 1 saturated heterocycles. The van der Waals surface area contributed by atoms with Crippen LogP contribution in [0.15, 0.2) is 18.2 Å². The number of benzene rings is 1. The molecule has 1 aliphatic rings. The summed E-state index contributed by atoms with van der Waals surface area (Å²) in [6.07, 6.45) is 2.37. The number of aryl methyl sites for hydroxylation is 1. The lowest BCUT2D eigenvalue weighted by molar-refractivity contribution is -0.109. The van der Waals surface area contributed by atoms with Crippen molar-refractivity contribution in [2.75, 3.05) is 37.5 Å². The average Bonchev–Trinajstić information content (AvgIpc) is 2.96. The summed E-state index contributed by atoms with van der Waals surface area (Å²) in [4.78, 5) is 2.45. The first-order valence-corrected chi connectivity index (χ1v) is 7.33. The van der Waals surface area contributed by atoms with Crippen LogP contribution in [-0.2, 0) is 9.47 Å². The van der Waals surface area contributed by atoms with Gasteiger partial charge in [0.05, 0.1) is 6.04 Å². The maximum atomic E-state index is 5.29. The first-order chi connectivity index (χ1) is 9.65. The second-order valence-electron chi connectivity index (χ2n) is 5.47. The summed E-state index contributed by atoms with van der Waals surface area (Å²) in [7, 11) is 3.32. The highest BCUT2D eigenvalue weighted by molar-refractivity contribution is 5.60. The molecule has 0 aliphatic carbocycles. The molecule has 1 aromatic carbocycles. The van der Waals surface area contributed by atoms with Crippen LogP contribution in [0.1, 0.15) is 25.3 Å². The highest BCUT2D eigenvalue weighted by Crippen LogP contribution is 2.26. The highest BCUT2D eigenvalue weighted by atomic mass is 16.7. The van der Waals surface area contributed by atoms with E-state index in [9.17, 15) is 0 Å². The zero-order valence-electron chi connectivity index (χ0n) is 13.0. The molecular formula is C16H26N2O2. The Kier molecular flexibility index (Phi) is 5.26. The molecular weight excluding hydrogens is 252 g/mol. The van der Waals surface area contributed by atoms with Gasteiger partial charge < -0.3 is 19.7 Å². The maximum absolute atomic E-state index is 5.29.